The monoisotopic (exact) mass is 184 g/mol. The van der Waals surface area contributed by atoms with Gasteiger partial charge in [-0.3, -0.25) is 4.79 Å². The molecular weight excluding hydrogens is 168 g/mol. The number of ether oxygens (including phenoxy) is 1. The molecular formula is C9H16N2O2. The van der Waals surface area contributed by atoms with Crippen LogP contribution in [0.15, 0.2) is 11.8 Å². The van der Waals surface area contributed by atoms with Gasteiger partial charge in [0.25, 0.3) is 0 Å². The first-order chi connectivity index (χ1) is 6.20. The number of carbonyl (C=O) groups is 1. The molecule has 4 nitrogen and oxygen atoms in total. The van der Waals surface area contributed by atoms with E-state index in [2.05, 4.69) is 5.32 Å². The Bertz CT molecular complexity index is 204. The van der Waals surface area contributed by atoms with Gasteiger partial charge in [-0.05, 0) is 32.4 Å². The Balaban J connectivity index is 2.21. The zero-order chi connectivity index (χ0) is 9.68. The number of allylic oxidation sites excluding steroid dienone is 1. The van der Waals surface area contributed by atoms with Crippen LogP contribution >= 0.6 is 0 Å². The van der Waals surface area contributed by atoms with Crippen molar-refractivity contribution in [2.75, 3.05) is 13.2 Å². The van der Waals surface area contributed by atoms with Gasteiger partial charge in [0.15, 0.2) is 0 Å². The van der Waals surface area contributed by atoms with Crippen molar-refractivity contribution in [2.45, 2.75) is 25.8 Å². The predicted octanol–water partition coefficient (Wildman–Crippen LogP) is 0.144. The molecule has 1 heterocycles. The minimum absolute atomic E-state index is 0.105. The van der Waals surface area contributed by atoms with Crippen molar-refractivity contribution in [1.82, 2.24) is 5.32 Å². The highest BCUT2D eigenvalue weighted by molar-refractivity contribution is 5.76. The highest BCUT2D eigenvalue weighted by Gasteiger charge is 2.22. The molecule has 1 unspecified atom stereocenters. The summed E-state index contributed by atoms with van der Waals surface area (Å²) in [7, 11) is 0. The molecule has 0 bridgehead atoms. The van der Waals surface area contributed by atoms with E-state index < -0.39 is 0 Å². The first kappa shape index (κ1) is 10.1. The van der Waals surface area contributed by atoms with Crippen LogP contribution in [0.2, 0.25) is 0 Å². The molecule has 74 valence electrons. The Labute approximate surface area is 78.1 Å². The number of nitrogens with one attached hydrogen (secondary N) is 1. The lowest BCUT2D eigenvalue weighted by Crippen LogP contribution is -2.32. The number of rotatable bonds is 3. The Morgan fingerprint density at radius 3 is 3.08 bits per heavy atom. The Kier molecular flexibility index (Phi) is 3.76. The SMILES string of the molecule is C/C(N)=C/COC(=O)C1CCCN1. The molecule has 13 heavy (non-hydrogen) atoms. The van der Waals surface area contributed by atoms with E-state index in [1.165, 1.54) is 0 Å². The summed E-state index contributed by atoms with van der Waals surface area (Å²) in [5.41, 5.74) is 6.06. The van der Waals surface area contributed by atoms with Crippen molar-refractivity contribution in [3.63, 3.8) is 0 Å². The van der Waals surface area contributed by atoms with Crippen molar-refractivity contribution < 1.29 is 9.53 Å². The quantitative estimate of drug-likeness (QED) is 0.612. The lowest BCUT2D eigenvalue weighted by atomic mass is 10.2. The minimum atomic E-state index is -0.171. The van der Waals surface area contributed by atoms with Crippen molar-refractivity contribution in [2.24, 2.45) is 5.73 Å². The molecule has 0 radical (unpaired) electrons. The first-order valence-electron chi connectivity index (χ1n) is 4.52. The summed E-state index contributed by atoms with van der Waals surface area (Å²) < 4.78 is 4.98. The third-order valence-electron chi connectivity index (χ3n) is 1.98. The van der Waals surface area contributed by atoms with Gasteiger partial charge in [-0.15, -0.1) is 0 Å². The van der Waals surface area contributed by atoms with Crippen LogP contribution in [0.3, 0.4) is 0 Å². The molecule has 0 saturated carbocycles. The smallest absolute Gasteiger partial charge is 0.323 e. The summed E-state index contributed by atoms with van der Waals surface area (Å²) in [6.07, 6.45) is 3.61. The molecule has 0 aliphatic carbocycles. The molecule has 4 heteroatoms. The number of hydrogen-bond donors (Lipinski definition) is 2. The van der Waals surface area contributed by atoms with Crippen LogP contribution in [-0.2, 0) is 9.53 Å². The van der Waals surface area contributed by atoms with E-state index in [1.54, 1.807) is 13.0 Å². The predicted molar refractivity (Wildman–Crippen MR) is 49.9 cm³/mol. The molecule has 3 N–H and O–H groups in total. The highest BCUT2D eigenvalue weighted by atomic mass is 16.5. The van der Waals surface area contributed by atoms with Crippen LogP contribution in [-0.4, -0.2) is 25.2 Å². The number of carbonyl (C=O) groups excluding carboxylic acids is 1. The molecule has 1 rings (SSSR count). The maximum absolute atomic E-state index is 11.3. The van der Waals surface area contributed by atoms with Crippen molar-refractivity contribution in [3.8, 4) is 0 Å². The van der Waals surface area contributed by atoms with Gasteiger partial charge in [-0.25, -0.2) is 0 Å². The summed E-state index contributed by atoms with van der Waals surface area (Å²) in [6, 6.07) is -0.105. The van der Waals surface area contributed by atoms with Gasteiger partial charge in [0, 0.05) is 5.70 Å². The second kappa shape index (κ2) is 4.87. The van der Waals surface area contributed by atoms with Gasteiger partial charge in [0.05, 0.1) is 0 Å². The highest BCUT2D eigenvalue weighted by Crippen LogP contribution is 2.06. The number of hydrogen-bond acceptors (Lipinski definition) is 4. The summed E-state index contributed by atoms with van der Waals surface area (Å²) in [5, 5.41) is 3.07. The molecule has 0 aromatic heterocycles. The molecule has 0 aromatic carbocycles. The van der Waals surface area contributed by atoms with Crippen LogP contribution in [0.25, 0.3) is 0 Å². The van der Waals surface area contributed by atoms with Gasteiger partial charge in [-0.2, -0.15) is 0 Å². The average Bonchev–Trinajstić information content (AvgIpc) is 2.55. The van der Waals surface area contributed by atoms with Crippen LogP contribution in [0.4, 0.5) is 0 Å². The van der Waals surface area contributed by atoms with Crippen LogP contribution in [0.1, 0.15) is 19.8 Å². The minimum Gasteiger partial charge on any atom is -0.460 e. The summed E-state index contributed by atoms with van der Waals surface area (Å²) in [5.74, 6) is -0.171. The number of nitrogens with two attached hydrogens (primary N) is 1. The molecule has 0 aromatic rings. The second-order valence-electron chi connectivity index (χ2n) is 3.23. The molecule has 1 aliphatic rings. The van der Waals surface area contributed by atoms with Gasteiger partial charge in [0.2, 0.25) is 0 Å². The fourth-order valence-electron chi connectivity index (χ4n) is 1.24. The summed E-state index contributed by atoms with van der Waals surface area (Å²) in [6.45, 7) is 2.95. The first-order valence-corrected chi connectivity index (χ1v) is 4.52. The van der Waals surface area contributed by atoms with Crippen LogP contribution in [0, 0.1) is 0 Å². The van der Waals surface area contributed by atoms with Gasteiger partial charge >= 0.3 is 5.97 Å². The Morgan fingerprint density at radius 2 is 2.54 bits per heavy atom. The molecule has 1 atom stereocenters. The van der Waals surface area contributed by atoms with E-state index in [9.17, 15) is 4.79 Å². The van der Waals surface area contributed by atoms with E-state index in [4.69, 9.17) is 10.5 Å². The third kappa shape index (κ3) is 3.46. The van der Waals surface area contributed by atoms with Crippen molar-refractivity contribution in [1.29, 1.82) is 0 Å². The molecule has 1 aliphatic heterocycles. The van der Waals surface area contributed by atoms with E-state index in [0.717, 1.165) is 19.4 Å². The standard InChI is InChI=1S/C9H16N2O2/c1-7(10)4-6-13-9(12)8-3-2-5-11-8/h4,8,11H,2-3,5-6,10H2,1H3/b7-4-. The van der Waals surface area contributed by atoms with Crippen LogP contribution < -0.4 is 11.1 Å². The van der Waals surface area contributed by atoms with E-state index in [-0.39, 0.29) is 18.6 Å². The largest absolute Gasteiger partial charge is 0.460 e. The molecule has 1 fully saturated rings. The Morgan fingerprint density at radius 1 is 1.77 bits per heavy atom. The Hall–Kier alpha value is -1.03. The molecule has 1 saturated heterocycles. The van der Waals surface area contributed by atoms with Gasteiger partial charge < -0.3 is 15.8 Å². The van der Waals surface area contributed by atoms with Gasteiger partial charge in [0.1, 0.15) is 12.6 Å². The summed E-state index contributed by atoms with van der Waals surface area (Å²) in [4.78, 5) is 11.3. The molecule has 0 spiro atoms. The van der Waals surface area contributed by atoms with Crippen LogP contribution in [0.5, 0.6) is 0 Å². The normalized spacial score (nSPS) is 23.2. The fourth-order valence-corrected chi connectivity index (χ4v) is 1.24. The van der Waals surface area contributed by atoms with Crippen molar-refractivity contribution in [3.05, 3.63) is 11.8 Å². The fraction of sp³-hybridized carbons (Fsp3) is 0.667. The lowest BCUT2D eigenvalue weighted by molar-refractivity contribution is -0.144. The zero-order valence-electron chi connectivity index (χ0n) is 7.88. The topological polar surface area (TPSA) is 64.3 Å². The summed E-state index contributed by atoms with van der Waals surface area (Å²) >= 11 is 0. The number of esters is 1. The van der Waals surface area contributed by atoms with Gasteiger partial charge in [-0.1, -0.05) is 0 Å². The van der Waals surface area contributed by atoms with E-state index >= 15 is 0 Å². The maximum atomic E-state index is 11.3. The van der Waals surface area contributed by atoms with E-state index in [0.29, 0.717) is 5.70 Å². The third-order valence-corrected chi connectivity index (χ3v) is 1.98. The molecule has 0 amide bonds. The van der Waals surface area contributed by atoms with Crippen molar-refractivity contribution >= 4 is 5.97 Å². The zero-order valence-corrected chi connectivity index (χ0v) is 7.88. The van der Waals surface area contributed by atoms with E-state index in [1.807, 2.05) is 0 Å². The lowest BCUT2D eigenvalue weighted by Gasteiger charge is -2.08. The average molecular weight is 184 g/mol. The second-order valence-corrected chi connectivity index (χ2v) is 3.23. The maximum Gasteiger partial charge on any atom is 0.323 e.